The van der Waals surface area contributed by atoms with E-state index in [4.69, 9.17) is 5.73 Å². The number of rotatable bonds is 2. The summed E-state index contributed by atoms with van der Waals surface area (Å²) >= 11 is 0. The molecule has 2 aliphatic rings. The van der Waals surface area contributed by atoms with Gasteiger partial charge in [0.1, 0.15) is 5.82 Å². The quantitative estimate of drug-likeness (QED) is 0.741. The van der Waals surface area contributed by atoms with Gasteiger partial charge in [0.05, 0.1) is 0 Å². The SMILES string of the molecule is NC1CCCC1c1nc(C2CC2)n[nH]1. The number of H-pyrrole nitrogens is 1. The molecule has 2 aliphatic carbocycles. The first-order chi connectivity index (χ1) is 6.84. The molecule has 2 saturated carbocycles. The average Bonchev–Trinajstić information content (AvgIpc) is 2.75. The van der Waals surface area contributed by atoms with E-state index in [0.29, 0.717) is 11.8 Å². The van der Waals surface area contributed by atoms with Crippen molar-refractivity contribution in [2.24, 2.45) is 5.73 Å². The summed E-state index contributed by atoms with van der Waals surface area (Å²) in [5.74, 6) is 3.10. The minimum absolute atomic E-state index is 0.287. The average molecular weight is 192 g/mol. The van der Waals surface area contributed by atoms with Gasteiger partial charge in [-0.1, -0.05) is 6.42 Å². The molecule has 2 atom stereocenters. The summed E-state index contributed by atoms with van der Waals surface area (Å²) in [5.41, 5.74) is 6.02. The highest BCUT2D eigenvalue weighted by molar-refractivity contribution is 5.10. The second kappa shape index (κ2) is 3.05. The largest absolute Gasteiger partial charge is 0.327 e. The molecule has 2 fully saturated rings. The van der Waals surface area contributed by atoms with E-state index in [1.165, 1.54) is 25.7 Å². The Hall–Kier alpha value is -0.900. The molecule has 76 valence electrons. The second-order valence-electron chi connectivity index (χ2n) is 4.55. The third-order valence-corrected chi connectivity index (χ3v) is 3.38. The Morgan fingerprint density at radius 3 is 2.71 bits per heavy atom. The summed E-state index contributed by atoms with van der Waals surface area (Å²) in [6.45, 7) is 0. The molecule has 0 amide bonds. The third kappa shape index (κ3) is 1.34. The monoisotopic (exact) mass is 192 g/mol. The number of aromatic amines is 1. The first-order valence-electron chi connectivity index (χ1n) is 5.52. The second-order valence-corrected chi connectivity index (χ2v) is 4.55. The highest BCUT2D eigenvalue weighted by Gasteiger charge is 2.32. The molecular formula is C10H16N4. The summed E-state index contributed by atoms with van der Waals surface area (Å²) in [7, 11) is 0. The fourth-order valence-electron chi connectivity index (χ4n) is 2.31. The van der Waals surface area contributed by atoms with Crippen LogP contribution in [-0.4, -0.2) is 21.2 Å². The summed E-state index contributed by atoms with van der Waals surface area (Å²) < 4.78 is 0. The zero-order chi connectivity index (χ0) is 9.54. The van der Waals surface area contributed by atoms with E-state index in [2.05, 4.69) is 15.2 Å². The smallest absolute Gasteiger partial charge is 0.153 e. The van der Waals surface area contributed by atoms with Crippen molar-refractivity contribution in [1.29, 1.82) is 0 Å². The van der Waals surface area contributed by atoms with E-state index >= 15 is 0 Å². The van der Waals surface area contributed by atoms with Crippen LogP contribution in [0.2, 0.25) is 0 Å². The maximum absolute atomic E-state index is 6.02. The van der Waals surface area contributed by atoms with E-state index < -0.39 is 0 Å². The van der Waals surface area contributed by atoms with Crippen LogP contribution in [-0.2, 0) is 0 Å². The van der Waals surface area contributed by atoms with Gasteiger partial charge in [0.15, 0.2) is 5.82 Å². The van der Waals surface area contributed by atoms with Crippen LogP contribution in [0.1, 0.15) is 55.6 Å². The van der Waals surface area contributed by atoms with Gasteiger partial charge in [0.2, 0.25) is 0 Å². The molecule has 0 aromatic carbocycles. The number of aromatic nitrogens is 3. The van der Waals surface area contributed by atoms with Gasteiger partial charge in [-0.3, -0.25) is 5.10 Å². The Balaban J connectivity index is 1.81. The van der Waals surface area contributed by atoms with Crippen molar-refractivity contribution in [3.8, 4) is 0 Å². The van der Waals surface area contributed by atoms with E-state index in [-0.39, 0.29) is 6.04 Å². The lowest BCUT2D eigenvalue weighted by Gasteiger charge is -2.10. The molecule has 0 spiro atoms. The predicted molar refractivity (Wildman–Crippen MR) is 52.9 cm³/mol. The van der Waals surface area contributed by atoms with Crippen LogP contribution in [0.5, 0.6) is 0 Å². The molecule has 3 N–H and O–H groups in total. The molecule has 0 aliphatic heterocycles. The molecule has 1 aromatic heterocycles. The van der Waals surface area contributed by atoms with Crippen LogP contribution < -0.4 is 5.73 Å². The highest BCUT2D eigenvalue weighted by Crippen LogP contribution is 2.39. The van der Waals surface area contributed by atoms with Crippen molar-refractivity contribution >= 4 is 0 Å². The standard InChI is InChI=1S/C10H16N4/c11-8-3-1-2-7(8)10-12-9(13-14-10)6-4-5-6/h6-8H,1-5,11H2,(H,12,13,14). The van der Waals surface area contributed by atoms with Crippen LogP contribution >= 0.6 is 0 Å². The number of nitrogens with two attached hydrogens (primary N) is 1. The number of hydrogen-bond donors (Lipinski definition) is 2. The van der Waals surface area contributed by atoms with Crippen molar-refractivity contribution in [2.45, 2.75) is 50.0 Å². The van der Waals surface area contributed by atoms with Crippen LogP contribution in [0.15, 0.2) is 0 Å². The first-order valence-corrected chi connectivity index (χ1v) is 5.52. The zero-order valence-corrected chi connectivity index (χ0v) is 8.24. The normalized spacial score (nSPS) is 32.4. The Morgan fingerprint density at radius 2 is 2.07 bits per heavy atom. The molecule has 1 heterocycles. The Bertz CT molecular complexity index is 329. The molecule has 14 heavy (non-hydrogen) atoms. The number of hydrogen-bond acceptors (Lipinski definition) is 3. The molecule has 4 heteroatoms. The summed E-state index contributed by atoms with van der Waals surface area (Å²) in [6.07, 6.45) is 6.04. The molecule has 0 radical (unpaired) electrons. The Kier molecular flexibility index (Phi) is 1.83. The summed E-state index contributed by atoms with van der Waals surface area (Å²) in [6, 6.07) is 0.287. The first kappa shape index (κ1) is 8.41. The van der Waals surface area contributed by atoms with E-state index in [1.54, 1.807) is 0 Å². The molecule has 3 rings (SSSR count). The van der Waals surface area contributed by atoms with Gasteiger partial charge in [-0.2, -0.15) is 5.10 Å². The van der Waals surface area contributed by atoms with Crippen LogP contribution in [0, 0.1) is 0 Å². The van der Waals surface area contributed by atoms with Gasteiger partial charge in [0.25, 0.3) is 0 Å². The van der Waals surface area contributed by atoms with Crippen molar-refractivity contribution in [1.82, 2.24) is 15.2 Å². The number of nitrogens with zero attached hydrogens (tertiary/aromatic N) is 2. The molecule has 2 unspecified atom stereocenters. The van der Waals surface area contributed by atoms with Gasteiger partial charge in [-0.05, 0) is 25.7 Å². The fourth-order valence-corrected chi connectivity index (χ4v) is 2.31. The van der Waals surface area contributed by atoms with Gasteiger partial charge in [0, 0.05) is 17.9 Å². The topological polar surface area (TPSA) is 67.6 Å². The Morgan fingerprint density at radius 1 is 1.21 bits per heavy atom. The van der Waals surface area contributed by atoms with Crippen LogP contribution in [0.25, 0.3) is 0 Å². The molecule has 0 bridgehead atoms. The van der Waals surface area contributed by atoms with E-state index in [9.17, 15) is 0 Å². The van der Waals surface area contributed by atoms with Crippen molar-refractivity contribution < 1.29 is 0 Å². The maximum atomic E-state index is 6.02. The zero-order valence-electron chi connectivity index (χ0n) is 8.24. The summed E-state index contributed by atoms with van der Waals surface area (Å²) in [5, 5.41) is 7.32. The molecule has 4 nitrogen and oxygen atoms in total. The Labute approximate surface area is 83.3 Å². The predicted octanol–water partition coefficient (Wildman–Crippen LogP) is 1.28. The van der Waals surface area contributed by atoms with Crippen molar-refractivity contribution in [2.75, 3.05) is 0 Å². The lowest BCUT2D eigenvalue weighted by Crippen LogP contribution is -2.23. The lowest BCUT2D eigenvalue weighted by molar-refractivity contribution is 0.583. The van der Waals surface area contributed by atoms with Crippen LogP contribution in [0.3, 0.4) is 0 Å². The summed E-state index contributed by atoms with van der Waals surface area (Å²) in [4.78, 5) is 4.56. The van der Waals surface area contributed by atoms with E-state index in [0.717, 1.165) is 18.1 Å². The maximum Gasteiger partial charge on any atom is 0.153 e. The minimum atomic E-state index is 0.287. The van der Waals surface area contributed by atoms with Gasteiger partial charge in [-0.25, -0.2) is 4.98 Å². The van der Waals surface area contributed by atoms with Gasteiger partial charge >= 0.3 is 0 Å². The minimum Gasteiger partial charge on any atom is -0.327 e. The highest BCUT2D eigenvalue weighted by atomic mass is 15.2. The van der Waals surface area contributed by atoms with Gasteiger partial charge < -0.3 is 5.73 Å². The van der Waals surface area contributed by atoms with Crippen molar-refractivity contribution in [3.63, 3.8) is 0 Å². The molecule has 1 aromatic rings. The lowest BCUT2D eigenvalue weighted by atomic mass is 10.0. The van der Waals surface area contributed by atoms with Crippen LogP contribution in [0.4, 0.5) is 0 Å². The fraction of sp³-hybridized carbons (Fsp3) is 0.800. The molecule has 0 saturated heterocycles. The molecular weight excluding hydrogens is 176 g/mol. The third-order valence-electron chi connectivity index (χ3n) is 3.38. The van der Waals surface area contributed by atoms with Crippen molar-refractivity contribution in [3.05, 3.63) is 11.6 Å². The van der Waals surface area contributed by atoms with Gasteiger partial charge in [-0.15, -0.1) is 0 Å². The van der Waals surface area contributed by atoms with E-state index in [1.807, 2.05) is 0 Å². The number of nitrogens with one attached hydrogen (secondary N) is 1.